The lowest BCUT2D eigenvalue weighted by molar-refractivity contribution is -0.0970. The Balaban J connectivity index is 1.54. The van der Waals surface area contributed by atoms with E-state index in [1.807, 2.05) is 0 Å². The minimum absolute atomic E-state index is 0.200. The molecule has 0 aromatic rings. The summed E-state index contributed by atoms with van der Waals surface area (Å²) >= 11 is 0. The molecular formula is C27H46O2. The lowest BCUT2D eigenvalue weighted by Crippen LogP contribution is -2.54. The standard InChI is InChI=1S/C27H46O2/c1-17(2)7-6-8-18(3)21-9-10-22-25-23(12-14-27(21,22)5)26(4)13-11-20(28)15-19(26)16-24(25)29/h16-18,20-25,28-29H,6-15H2,1-5H3/t18?,20-,21+,22-,23-,24?,25-,26-,27+/m0/s1. The molecule has 0 aromatic heterocycles. The van der Waals surface area contributed by atoms with Crippen LogP contribution in [0.1, 0.15) is 98.8 Å². The van der Waals surface area contributed by atoms with Crippen LogP contribution in [-0.4, -0.2) is 22.4 Å². The second-order valence-electron chi connectivity index (χ2n) is 12.3. The molecule has 0 aliphatic heterocycles. The Kier molecular flexibility index (Phi) is 6.01. The molecule has 4 rings (SSSR count). The molecule has 29 heavy (non-hydrogen) atoms. The van der Waals surface area contributed by atoms with Crippen molar-refractivity contribution in [2.45, 2.75) is 111 Å². The Morgan fingerprint density at radius 3 is 2.45 bits per heavy atom. The van der Waals surface area contributed by atoms with Gasteiger partial charge in [-0.1, -0.05) is 65.5 Å². The second-order valence-corrected chi connectivity index (χ2v) is 12.3. The first-order valence-electron chi connectivity index (χ1n) is 12.7. The van der Waals surface area contributed by atoms with Crippen LogP contribution in [0.3, 0.4) is 0 Å². The summed E-state index contributed by atoms with van der Waals surface area (Å²) < 4.78 is 0. The molecule has 2 N–H and O–H groups in total. The van der Waals surface area contributed by atoms with Gasteiger partial charge >= 0.3 is 0 Å². The molecule has 2 heteroatoms. The lowest BCUT2D eigenvalue weighted by atomic mass is 9.46. The predicted octanol–water partition coefficient (Wildman–Crippen LogP) is 6.36. The first-order chi connectivity index (χ1) is 13.7. The molecule has 4 aliphatic carbocycles. The maximum atomic E-state index is 11.3. The normalized spacial score (nSPS) is 47.9. The number of aliphatic hydroxyl groups excluding tert-OH is 2. The number of aliphatic hydroxyl groups is 2. The number of hydrogen-bond acceptors (Lipinski definition) is 2. The number of hydrogen-bond donors (Lipinski definition) is 2. The van der Waals surface area contributed by atoms with Crippen LogP contribution in [0.2, 0.25) is 0 Å². The van der Waals surface area contributed by atoms with Gasteiger partial charge in [0.15, 0.2) is 0 Å². The summed E-state index contributed by atoms with van der Waals surface area (Å²) in [7, 11) is 0. The van der Waals surface area contributed by atoms with Crippen LogP contribution in [0, 0.1) is 46.3 Å². The maximum Gasteiger partial charge on any atom is 0.0757 e. The van der Waals surface area contributed by atoms with Gasteiger partial charge in [0.1, 0.15) is 0 Å². The molecule has 0 saturated heterocycles. The highest BCUT2D eigenvalue weighted by Gasteiger charge is 2.61. The van der Waals surface area contributed by atoms with Gasteiger partial charge in [-0.3, -0.25) is 0 Å². The molecule has 3 fully saturated rings. The van der Waals surface area contributed by atoms with Crippen LogP contribution >= 0.6 is 0 Å². The van der Waals surface area contributed by atoms with Crippen molar-refractivity contribution >= 4 is 0 Å². The summed E-state index contributed by atoms with van der Waals surface area (Å²) in [6, 6.07) is 0. The maximum absolute atomic E-state index is 11.3. The molecule has 0 heterocycles. The van der Waals surface area contributed by atoms with Gasteiger partial charge in [0, 0.05) is 0 Å². The van der Waals surface area contributed by atoms with E-state index in [1.54, 1.807) is 0 Å². The summed E-state index contributed by atoms with van der Waals surface area (Å²) in [5, 5.41) is 21.5. The van der Waals surface area contributed by atoms with Crippen molar-refractivity contribution in [3.05, 3.63) is 11.6 Å². The molecule has 0 aromatic carbocycles. The first kappa shape index (κ1) is 21.9. The Hall–Kier alpha value is -0.340. The van der Waals surface area contributed by atoms with Crippen molar-refractivity contribution in [2.24, 2.45) is 46.3 Å². The molecule has 0 spiro atoms. The average Bonchev–Trinajstić information content (AvgIpc) is 3.00. The van der Waals surface area contributed by atoms with E-state index in [9.17, 15) is 10.2 Å². The van der Waals surface area contributed by atoms with Gasteiger partial charge in [-0.05, 0) is 91.3 Å². The van der Waals surface area contributed by atoms with Crippen LogP contribution in [0.5, 0.6) is 0 Å². The molecule has 166 valence electrons. The van der Waals surface area contributed by atoms with Gasteiger partial charge in [-0.2, -0.15) is 0 Å². The topological polar surface area (TPSA) is 40.5 Å². The molecule has 2 nitrogen and oxygen atoms in total. The van der Waals surface area contributed by atoms with Crippen LogP contribution < -0.4 is 0 Å². The molecule has 0 bridgehead atoms. The summed E-state index contributed by atoms with van der Waals surface area (Å²) in [5.41, 5.74) is 1.99. The van der Waals surface area contributed by atoms with Crippen LogP contribution in [0.15, 0.2) is 11.6 Å². The SMILES string of the molecule is CC(C)CCCC(C)[C@H]1CC[C@H]2[C@@H]3C(O)C=C4C[C@@H](O)CC[C@]4(C)[C@H]3CC[C@]12C. The zero-order valence-electron chi connectivity index (χ0n) is 19.7. The summed E-state index contributed by atoms with van der Waals surface area (Å²) in [6.07, 6.45) is 13.9. The second kappa shape index (κ2) is 7.97. The smallest absolute Gasteiger partial charge is 0.0757 e. The highest BCUT2D eigenvalue weighted by Crippen LogP contribution is 2.67. The number of fused-ring (bicyclic) bond motifs is 5. The largest absolute Gasteiger partial charge is 0.393 e. The van der Waals surface area contributed by atoms with E-state index in [2.05, 4.69) is 40.7 Å². The summed E-state index contributed by atoms with van der Waals surface area (Å²) in [5.74, 6) is 4.18. The van der Waals surface area contributed by atoms with E-state index in [4.69, 9.17) is 0 Å². The third-order valence-electron chi connectivity index (χ3n) is 10.3. The van der Waals surface area contributed by atoms with Gasteiger partial charge in [-0.25, -0.2) is 0 Å². The van der Waals surface area contributed by atoms with Crippen molar-refractivity contribution in [3.63, 3.8) is 0 Å². The fraction of sp³-hybridized carbons (Fsp3) is 0.926. The van der Waals surface area contributed by atoms with E-state index in [0.29, 0.717) is 23.2 Å². The Labute approximate surface area is 179 Å². The van der Waals surface area contributed by atoms with Crippen molar-refractivity contribution in [1.82, 2.24) is 0 Å². The zero-order valence-corrected chi connectivity index (χ0v) is 19.7. The van der Waals surface area contributed by atoms with E-state index < -0.39 is 0 Å². The molecule has 2 unspecified atom stereocenters. The van der Waals surface area contributed by atoms with Crippen LogP contribution in [0.4, 0.5) is 0 Å². The third kappa shape index (κ3) is 3.65. The Morgan fingerprint density at radius 1 is 0.966 bits per heavy atom. The van der Waals surface area contributed by atoms with E-state index in [-0.39, 0.29) is 17.6 Å². The molecule has 9 atom stereocenters. The van der Waals surface area contributed by atoms with Crippen molar-refractivity contribution in [2.75, 3.05) is 0 Å². The van der Waals surface area contributed by atoms with Gasteiger partial charge in [0.05, 0.1) is 12.2 Å². The van der Waals surface area contributed by atoms with Crippen molar-refractivity contribution < 1.29 is 10.2 Å². The quantitative estimate of drug-likeness (QED) is 0.525. The van der Waals surface area contributed by atoms with Gasteiger partial charge in [-0.15, -0.1) is 0 Å². The van der Waals surface area contributed by atoms with Crippen LogP contribution in [-0.2, 0) is 0 Å². The van der Waals surface area contributed by atoms with Crippen LogP contribution in [0.25, 0.3) is 0 Å². The highest BCUT2D eigenvalue weighted by atomic mass is 16.3. The van der Waals surface area contributed by atoms with E-state index in [1.165, 1.54) is 50.5 Å². The summed E-state index contributed by atoms with van der Waals surface area (Å²) in [6.45, 7) is 12.2. The zero-order chi connectivity index (χ0) is 21.0. The van der Waals surface area contributed by atoms with Gasteiger partial charge in [0.25, 0.3) is 0 Å². The first-order valence-corrected chi connectivity index (χ1v) is 12.7. The molecular weight excluding hydrogens is 356 g/mol. The lowest BCUT2D eigenvalue weighted by Gasteiger charge is -2.59. The highest BCUT2D eigenvalue weighted by molar-refractivity contribution is 5.27. The average molecular weight is 403 g/mol. The fourth-order valence-electron chi connectivity index (χ4n) is 8.65. The molecule has 0 radical (unpaired) electrons. The van der Waals surface area contributed by atoms with E-state index in [0.717, 1.165) is 37.0 Å². The molecule has 4 aliphatic rings. The monoisotopic (exact) mass is 402 g/mol. The molecule has 3 saturated carbocycles. The minimum Gasteiger partial charge on any atom is -0.393 e. The Bertz CT molecular complexity index is 624. The molecule has 0 amide bonds. The minimum atomic E-state index is -0.298. The van der Waals surface area contributed by atoms with Crippen molar-refractivity contribution in [1.29, 1.82) is 0 Å². The van der Waals surface area contributed by atoms with Gasteiger partial charge < -0.3 is 10.2 Å². The Morgan fingerprint density at radius 2 is 1.72 bits per heavy atom. The third-order valence-corrected chi connectivity index (χ3v) is 10.3. The van der Waals surface area contributed by atoms with Gasteiger partial charge in [0.2, 0.25) is 0 Å². The predicted molar refractivity (Wildman–Crippen MR) is 120 cm³/mol. The summed E-state index contributed by atoms with van der Waals surface area (Å²) in [4.78, 5) is 0. The van der Waals surface area contributed by atoms with E-state index >= 15 is 0 Å². The fourth-order valence-corrected chi connectivity index (χ4v) is 8.65. The van der Waals surface area contributed by atoms with Crippen molar-refractivity contribution in [3.8, 4) is 0 Å². The number of rotatable bonds is 5.